The number of rotatable bonds is 4. The maximum absolute atomic E-state index is 10.9. The fourth-order valence-electron chi connectivity index (χ4n) is 1.34. The van der Waals surface area contributed by atoms with Crippen molar-refractivity contribution in [3.05, 3.63) is 40.1 Å². The predicted octanol–water partition coefficient (Wildman–Crippen LogP) is 0.592. The summed E-state index contributed by atoms with van der Waals surface area (Å²) in [7, 11) is 0. The monoisotopic (exact) mass is 245 g/mol. The first-order chi connectivity index (χ1) is 8.72. The second kappa shape index (κ2) is 4.88. The molecule has 0 fully saturated rings. The van der Waals surface area contributed by atoms with E-state index in [0.717, 1.165) is 0 Å². The third-order valence-corrected chi connectivity index (χ3v) is 2.12. The Morgan fingerprint density at radius 3 is 3.00 bits per heavy atom. The van der Waals surface area contributed by atoms with Crippen LogP contribution < -0.4 is 5.32 Å². The molecule has 9 nitrogen and oxygen atoms in total. The van der Waals surface area contributed by atoms with Crippen LogP contribution in [0.2, 0.25) is 0 Å². The highest BCUT2D eigenvalue weighted by Crippen LogP contribution is 2.25. The molecule has 0 amide bonds. The lowest BCUT2D eigenvalue weighted by Gasteiger charge is -2.04. The molecule has 0 aromatic carbocycles. The minimum Gasteiger partial charge on any atom is -0.357 e. The minimum atomic E-state index is -0.645. The van der Waals surface area contributed by atoms with Crippen LogP contribution in [0.25, 0.3) is 0 Å². The van der Waals surface area contributed by atoms with Gasteiger partial charge in [0, 0.05) is 6.20 Å². The molecule has 0 saturated heterocycles. The largest absolute Gasteiger partial charge is 0.357 e. The average molecular weight is 245 g/mol. The first-order valence-corrected chi connectivity index (χ1v) is 4.84. The van der Waals surface area contributed by atoms with Gasteiger partial charge in [0.15, 0.2) is 0 Å². The van der Waals surface area contributed by atoms with Gasteiger partial charge in [-0.2, -0.15) is 10.4 Å². The molecule has 2 N–H and O–H groups in total. The molecule has 2 rings (SSSR count). The Morgan fingerprint density at radius 1 is 1.56 bits per heavy atom. The number of nitrogens with zero attached hydrogens (tertiary/aromatic N) is 5. The second-order valence-corrected chi connectivity index (χ2v) is 3.21. The number of pyridine rings is 1. The van der Waals surface area contributed by atoms with Crippen molar-refractivity contribution in [2.75, 3.05) is 5.32 Å². The average Bonchev–Trinajstić information content (AvgIpc) is 2.88. The highest BCUT2D eigenvalue weighted by molar-refractivity contribution is 5.63. The van der Waals surface area contributed by atoms with Gasteiger partial charge in [-0.1, -0.05) is 0 Å². The van der Waals surface area contributed by atoms with Crippen molar-refractivity contribution in [3.8, 4) is 6.07 Å². The SMILES string of the molecule is N#Cc1ccnc(NCc2ncn[nH]2)c1[N+](=O)[O-]. The van der Waals surface area contributed by atoms with Crippen molar-refractivity contribution in [1.29, 1.82) is 5.26 Å². The Kier molecular flexibility index (Phi) is 3.11. The maximum atomic E-state index is 10.9. The number of anilines is 1. The van der Waals surface area contributed by atoms with E-state index < -0.39 is 4.92 Å². The van der Waals surface area contributed by atoms with Gasteiger partial charge in [0.25, 0.3) is 0 Å². The van der Waals surface area contributed by atoms with E-state index in [1.807, 2.05) is 0 Å². The number of aromatic amines is 1. The van der Waals surface area contributed by atoms with Gasteiger partial charge >= 0.3 is 5.69 Å². The van der Waals surface area contributed by atoms with Gasteiger partial charge in [0.05, 0.1) is 11.5 Å². The smallest absolute Gasteiger partial charge is 0.328 e. The molecule has 0 unspecified atom stereocenters. The van der Waals surface area contributed by atoms with Crippen molar-refractivity contribution in [3.63, 3.8) is 0 Å². The third-order valence-electron chi connectivity index (χ3n) is 2.12. The zero-order chi connectivity index (χ0) is 13.0. The topological polar surface area (TPSA) is 133 Å². The molecule has 2 heterocycles. The van der Waals surface area contributed by atoms with Crippen molar-refractivity contribution < 1.29 is 4.92 Å². The minimum absolute atomic E-state index is 0.0236. The highest BCUT2D eigenvalue weighted by atomic mass is 16.6. The Labute approximate surface area is 101 Å². The van der Waals surface area contributed by atoms with Crippen molar-refractivity contribution in [1.82, 2.24) is 20.2 Å². The zero-order valence-electron chi connectivity index (χ0n) is 8.99. The molecular formula is C9H7N7O2. The van der Waals surface area contributed by atoms with E-state index in [1.165, 1.54) is 18.6 Å². The van der Waals surface area contributed by atoms with E-state index in [0.29, 0.717) is 5.82 Å². The molecule has 0 aliphatic rings. The summed E-state index contributed by atoms with van der Waals surface area (Å²) in [4.78, 5) is 18.0. The Bertz CT molecular complexity index is 602. The van der Waals surface area contributed by atoms with Crippen LogP contribution in [0.15, 0.2) is 18.6 Å². The van der Waals surface area contributed by atoms with Gasteiger partial charge in [0.1, 0.15) is 23.8 Å². The third kappa shape index (κ3) is 2.22. The molecular weight excluding hydrogens is 238 g/mol. The number of nitro groups is 1. The first kappa shape index (κ1) is 11.5. The number of hydrogen-bond acceptors (Lipinski definition) is 7. The van der Waals surface area contributed by atoms with Gasteiger partial charge in [-0.25, -0.2) is 9.97 Å². The van der Waals surface area contributed by atoms with Gasteiger partial charge in [-0.15, -0.1) is 0 Å². The molecule has 18 heavy (non-hydrogen) atoms. The summed E-state index contributed by atoms with van der Waals surface area (Å²) < 4.78 is 0. The van der Waals surface area contributed by atoms with Crippen molar-refractivity contribution in [2.24, 2.45) is 0 Å². The molecule has 9 heteroatoms. The lowest BCUT2D eigenvalue weighted by molar-refractivity contribution is -0.384. The van der Waals surface area contributed by atoms with E-state index in [2.05, 4.69) is 25.5 Å². The first-order valence-electron chi connectivity index (χ1n) is 4.84. The van der Waals surface area contributed by atoms with Gasteiger partial charge in [-0.3, -0.25) is 15.2 Å². The molecule has 0 aliphatic carbocycles. The summed E-state index contributed by atoms with van der Waals surface area (Å²) in [5.74, 6) is 0.531. The van der Waals surface area contributed by atoms with Crippen LogP contribution in [-0.2, 0) is 6.54 Å². The Morgan fingerprint density at radius 2 is 2.39 bits per heavy atom. The number of aromatic nitrogens is 4. The molecule has 0 radical (unpaired) electrons. The van der Waals surface area contributed by atoms with Crippen LogP contribution in [-0.4, -0.2) is 25.1 Å². The Hall–Kier alpha value is -3.02. The number of H-pyrrole nitrogens is 1. The number of nitrogens with one attached hydrogen (secondary N) is 2. The molecule has 0 atom stereocenters. The standard InChI is InChI=1S/C9H7N7O2/c10-3-6-1-2-11-9(8(6)16(17)18)12-4-7-13-5-14-15-7/h1-2,5H,4H2,(H,11,12)(H,13,14,15). The zero-order valence-corrected chi connectivity index (χ0v) is 8.99. The molecule has 2 aromatic rings. The fourth-order valence-corrected chi connectivity index (χ4v) is 1.34. The lowest BCUT2D eigenvalue weighted by Crippen LogP contribution is -2.07. The molecule has 2 aromatic heterocycles. The van der Waals surface area contributed by atoms with Crippen LogP contribution in [0.1, 0.15) is 11.4 Å². The van der Waals surface area contributed by atoms with Gasteiger partial charge in [0.2, 0.25) is 5.82 Å². The Balaban J connectivity index is 2.27. The maximum Gasteiger partial charge on any atom is 0.328 e. The van der Waals surface area contributed by atoms with Crippen molar-refractivity contribution in [2.45, 2.75) is 6.54 Å². The van der Waals surface area contributed by atoms with Gasteiger partial charge in [-0.05, 0) is 6.07 Å². The van der Waals surface area contributed by atoms with Crippen LogP contribution in [0.3, 0.4) is 0 Å². The number of hydrogen-bond donors (Lipinski definition) is 2. The predicted molar refractivity (Wildman–Crippen MR) is 59.3 cm³/mol. The summed E-state index contributed by atoms with van der Waals surface area (Å²) in [6.07, 6.45) is 2.65. The van der Waals surface area contributed by atoms with Crippen LogP contribution in [0.5, 0.6) is 0 Å². The lowest BCUT2D eigenvalue weighted by atomic mass is 10.2. The van der Waals surface area contributed by atoms with Crippen LogP contribution in [0.4, 0.5) is 11.5 Å². The molecule has 0 saturated carbocycles. The van der Waals surface area contributed by atoms with Crippen LogP contribution >= 0.6 is 0 Å². The van der Waals surface area contributed by atoms with Crippen LogP contribution in [0, 0.1) is 21.4 Å². The quantitative estimate of drug-likeness (QED) is 0.594. The summed E-state index contributed by atoms with van der Waals surface area (Å²) in [5, 5.41) is 28.7. The highest BCUT2D eigenvalue weighted by Gasteiger charge is 2.20. The normalized spacial score (nSPS) is 9.72. The summed E-state index contributed by atoms with van der Waals surface area (Å²) >= 11 is 0. The summed E-state index contributed by atoms with van der Waals surface area (Å²) in [5.41, 5.74) is -0.394. The van der Waals surface area contributed by atoms with E-state index in [9.17, 15) is 10.1 Å². The van der Waals surface area contributed by atoms with E-state index in [4.69, 9.17) is 5.26 Å². The number of nitriles is 1. The molecule has 0 spiro atoms. The molecule has 90 valence electrons. The summed E-state index contributed by atoms with van der Waals surface area (Å²) in [6, 6.07) is 3.04. The molecule has 0 aliphatic heterocycles. The fraction of sp³-hybridized carbons (Fsp3) is 0.111. The van der Waals surface area contributed by atoms with E-state index >= 15 is 0 Å². The van der Waals surface area contributed by atoms with E-state index in [1.54, 1.807) is 6.07 Å². The molecule has 0 bridgehead atoms. The van der Waals surface area contributed by atoms with E-state index in [-0.39, 0.29) is 23.6 Å². The van der Waals surface area contributed by atoms with Crippen molar-refractivity contribution >= 4 is 11.5 Å². The summed E-state index contributed by atoms with van der Waals surface area (Å²) in [6.45, 7) is 0.197. The van der Waals surface area contributed by atoms with Gasteiger partial charge < -0.3 is 5.32 Å². The second-order valence-electron chi connectivity index (χ2n) is 3.21.